The van der Waals surface area contributed by atoms with Crippen molar-refractivity contribution in [1.29, 1.82) is 0 Å². The summed E-state index contributed by atoms with van der Waals surface area (Å²) >= 11 is 1.21. The lowest BCUT2D eigenvalue weighted by Gasteiger charge is -1.99. The number of hydrogen-bond donors (Lipinski definition) is 0. The Morgan fingerprint density at radius 1 is 1.47 bits per heavy atom. The normalized spacial score (nSPS) is 10.3. The molecule has 82 valence electrons. The van der Waals surface area contributed by atoms with Crippen LogP contribution >= 0.6 is 11.5 Å². The average Bonchev–Trinajstić information content (AvgIpc) is 2.63. The summed E-state index contributed by atoms with van der Waals surface area (Å²) in [6.07, 6.45) is 3.11. The first-order chi connectivity index (χ1) is 7.15. The van der Waals surface area contributed by atoms with Gasteiger partial charge in [0.25, 0.3) is 0 Å². The minimum absolute atomic E-state index is 0.149. The van der Waals surface area contributed by atoms with Crippen molar-refractivity contribution in [2.24, 2.45) is 0 Å². The third kappa shape index (κ3) is 3.55. The minimum Gasteiger partial charge on any atom is -0.293 e. The van der Waals surface area contributed by atoms with Crippen LogP contribution in [0.3, 0.4) is 0 Å². The molecule has 0 bridgehead atoms. The minimum atomic E-state index is 0.149. The fourth-order valence-electron chi connectivity index (χ4n) is 1.26. The summed E-state index contributed by atoms with van der Waals surface area (Å²) in [4.78, 5) is 12.5. The molecule has 0 aliphatic rings. The summed E-state index contributed by atoms with van der Waals surface area (Å²) in [6.45, 7) is 7.79. The lowest BCUT2D eigenvalue weighted by molar-refractivity contribution is 0.0985. The first-order valence-electron chi connectivity index (χ1n) is 5.14. The molecule has 0 fully saturated rings. The van der Waals surface area contributed by atoms with Gasteiger partial charge in [-0.1, -0.05) is 23.4 Å². The highest BCUT2D eigenvalue weighted by atomic mass is 32.1. The Labute approximate surface area is 94.4 Å². The Morgan fingerprint density at radius 2 is 2.20 bits per heavy atom. The molecule has 0 saturated carbocycles. The lowest BCUT2D eigenvalue weighted by Crippen LogP contribution is -2.01. The van der Waals surface area contributed by atoms with Gasteiger partial charge in [0.05, 0.1) is 5.69 Å². The molecular weight excluding hydrogens is 208 g/mol. The largest absolute Gasteiger partial charge is 0.293 e. The molecule has 15 heavy (non-hydrogen) atoms. The number of carbonyl (C=O) groups excluding carboxylic acids is 1. The third-order valence-corrected chi connectivity index (χ3v) is 2.88. The highest BCUT2D eigenvalue weighted by molar-refractivity contribution is 7.08. The molecule has 0 N–H and O–H groups in total. The fraction of sp³-hybridized carbons (Fsp3) is 0.545. The molecule has 0 aromatic carbocycles. The van der Waals surface area contributed by atoms with Crippen molar-refractivity contribution < 1.29 is 4.79 Å². The SMILES string of the molecule is C=C(C)CCC(=O)c1snnc1CCC. The first-order valence-corrected chi connectivity index (χ1v) is 5.91. The highest BCUT2D eigenvalue weighted by Gasteiger charge is 2.14. The van der Waals surface area contributed by atoms with E-state index >= 15 is 0 Å². The lowest BCUT2D eigenvalue weighted by atomic mass is 10.1. The average molecular weight is 224 g/mol. The van der Waals surface area contributed by atoms with Crippen molar-refractivity contribution in [2.75, 3.05) is 0 Å². The van der Waals surface area contributed by atoms with E-state index in [4.69, 9.17) is 0 Å². The predicted molar refractivity (Wildman–Crippen MR) is 62.3 cm³/mol. The second kappa shape index (κ2) is 5.75. The molecule has 1 rings (SSSR count). The first kappa shape index (κ1) is 12.0. The predicted octanol–water partition coefficient (Wildman–Crippen LogP) is 3.03. The summed E-state index contributed by atoms with van der Waals surface area (Å²) < 4.78 is 3.84. The van der Waals surface area contributed by atoms with Gasteiger partial charge in [-0.15, -0.1) is 11.7 Å². The van der Waals surface area contributed by atoms with Crippen LogP contribution in [0.4, 0.5) is 0 Å². The Hall–Kier alpha value is -1.03. The molecular formula is C11H16N2OS. The maximum Gasteiger partial charge on any atom is 0.176 e. The van der Waals surface area contributed by atoms with E-state index in [-0.39, 0.29) is 5.78 Å². The van der Waals surface area contributed by atoms with Crippen LogP contribution < -0.4 is 0 Å². The van der Waals surface area contributed by atoms with Gasteiger partial charge in [-0.05, 0) is 31.3 Å². The Balaban J connectivity index is 2.64. The molecule has 0 unspecified atom stereocenters. The zero-order valence-electron chi connectivity index (χ0n) is 9.25. The number of ketones is 1. The number of nitrogens with zero attached hydrogens (tertiary/aromatic N) is 2. The molecule has 0 spiro atoms. The third-order valence-electron chi connectivity index (χ3n) is 2.07. The monoisotopic (exact) mass is 224 g/mol. The van der Waals surface area contributed by atoms with Gasteiger partial charge < -0.3 is 0 Å². The van der Waals surface area contributed by atoms with Crippen LogP contribution in [0, 0.1) is 0 Å². The number of allylic oxidation sites excluding steroid dienone is 1. The van der Waals surface area contributed by atoms with Crippen molar-refractivity contribution in [3.63, 3.8) is 0 Å². The van der Waals surface area contributed by atoms with Gasteiger partial charge in [0, 0.05) is 6.42 Å². The van der Waals surface area contributed by atoms with Gasteiger partial charge in [-0.2, -0.15) is 0 Å². The van der Waals surface area contributed by atoms with Crippen LogP contribution in [0.25, 0.3) is 0 Å². The van der Waals surface area contributed by atoms with Crippen molar-refractivity contribution in [2.45, 2.75) is 39.5 Å². The maximum absolute atomic E-state index is 11.8. The van der Waals surface area contributed by atoms with Crippen molar-refractivity contribution in [1.82, 2.24) is 9.59 Å². The molecule has 1 aromatic heterocycles. The molecule has 0 atom stereocenters. The fourth-order valence-corrected chi connectivity index (χ4v) is 1.93. The molecule has 0 saturated heterocycles. The summed E-state index contributed by atoms with van der Waals surface area (Å²) in [5.41, 5.74) is 1.90. The topological polar surface area (TPSA) is 42.9 Å². The van der Waals surface area contributed by atoms with E-state index in [1.54, 1.807) is 0 Å². The zero-order valence-corrected chi connectivity index (χ0v) is 10.1. The van der Waals surface area contributed by atoms with Gasteiger partial charge in [-0.25, -0.2) is 0 Å². The smallest absolute Gasteiger partial charge is 0.176 e. The summed E-state index contributed by atoms with van der Waals surface area (Å²) in [5, 5.41) is 3.98. The molecule has 0 amide bonds. The number of aryl methyl sites for hydroxylation is 1. The van der Waals surface area contributed by atoms with Crippen LogP contribution in [0.1, 0.15) is 48.5 Å². The number of hydrogen-bond acceptors (Lipinski definition) is 4. The Bertz CT molecular complexity index is 357. The quantitative estimate of drug-likeness (QED) is 0.551. The van der Waals surface area contributed by atoms with Crippen LogP contribution in [0.2, 0.25) is 0 Å². The van der Waals surface area contributed by atoms with Crippen LogP contribution in [-0.2, 0) is 6.42 Å². The summed E-state index contributed by atoms with van der Waals surface area (Å²) in [5.74, 6) is 0.149. The van der Waals surface area contributed by atoms with E-state index in [1.165, 1.54) is 11.5 Å². The van der Waals surface area contributed by atoms with Gasteiger partial charge >= 0.3 is 0 Å². The summed E-state index contributed by atoms with van der Waals surface area (Å²) in [6, 6.07) is 0. The maximum atomic E-state index is 11.8. The molecule has 1 heterocycles. The van der Waals surface area contributed by atoms with Crippen molar-refractivity contribution >= 4 is 17.3 Å². The van der Waals surface area contributed by atoms with E-state index in [9.17, 15) is 4.79 Å². The highest BCUT2D eigenvalue weighted by Crippen LogP contribution is 2.16. The van der Waals surface area contributed by atoms with Crippen LogP contribution in [0.5, 0.6) is 0 Å². The second-order valence-electron chi connectivity index (χ2n) is 3.68. The Kier molecular flexibility index (Phi) is 4.62. The second-order valence-corrected chi connectivity index (χ2v) is 4.43. The molecule has 0 aliphatic carbocycles. The molecule has 0 radical (unpaired) electrons. The number of Topliss-reactive ketones (excluding diaryl/α,β-unsaturated/α-hetero) is 1. The van der Waals surface area contributed by atoms with Gasteiger partial charge in [0.1, 0.15) is 4.88 Å². The molecule has 3 nitrogen and oxygen atoms in total. The van der Waals surface area contributed by atoms with E-state index in [2.05, 4.69) is 23.1 Å². The van der Waals surface area contributed by atoms with E-state index in [1.807, 2.05) is 6.92 Å². The van der Waals surface area contributed by atoms with Crippen LogP contribution in [0.15, 0.2) is 12.2 Å². The van der Waals surface area contributed by atoms with Crippen LogP contribution in [-0.4, -0.2) is 15.4 Å². The summed E-state index contributed by atoms with van der Waals surface area (Å²) in [7, 11) is 0. The van der Waals surface area contributed by atoms with E-state index in [0.29, 0.717) is 6.42 Å². The van der Waals surface area contributed by atoms with Gasteiger partial charge in [0.15, 0.2) is 5.78 Å². The van der Waals surface area contributed by atoms with Gasteiger partial charge in [-0.3, -0.25) is 4.79 Å². The number of rotatable bonds is 6. The number of aromatic nitrogens is 2. The van der Waals surface area contributed by atoms with Crippen molar-refractivity contribution in [3.8, 4) is 0 Å². The zero-order chi connectivity index (χ0) is 11.3. The van der Waals surface area contributed by atoms with Gasteiger partial charge in [0.2, 0.25) is 0 Å². The van der Waals surface area contributed by atoms with E-state index in [0.717, 1.165) is 35.4 Å². The standard InChI is InChI=1S/C11H16N2OS/c1-4-5-9-11(15-13-12-9)10(14)7-6-8(2)3/h2,4-7H2,1,3H3. The van der Waals surface area contributed by atoms with Crippen molar-refractivity contribution in [3.05, 3.63) is 22.7 Å². The van der Waals surface area contributed by atoms with E-state index < -0.39 is 0 Å². The Morgan fingerprint density at radius 3 is 2.80 bits per heavy atom. The molecule has 1 aromatic rings. The number of carbonyl (C=O) groups is 1. The molecule has 4 heteroatoms. The molecule has 0 aliphatic heterocycles.